The second-order valence-electron chi connectivity index (χ2n) is 6.85. The summed E-state index contributed by atoms with van der Waals surface area (Å²) in [5.41, 5.74) is 0.957. The van der Waals surface area contributed by atoms with Gasteiger partial charge >= 0.3 is 5.97 Å². The van der Waals surface area contributed by atoms with Gasteiger partial charge in [-0.2, -0.15) is 0 Å². The first-order valence-corrected chi connectivity index (χ1v) is 12.7. The third-order valence-electron chi connectivity index (χ3n) is 5.33. The fourth-order valence-corrected chi connectivity index (χ4v) is 6.58. The molecule has 25 heavy (non-hydrogen) atoms. The van der Waals surface area contributed by atoms with Gasteiger partial charge in [-0.25, -0.2) is 4.79 Å². The predicted molar refractivity (Wildman–Crippen MR) is 109 cm³/mol. The molecule has 0 saturated heterocycles. The first-order chi connectivity index (χ1) is 12.1. The van der Waals surface area contributed by atoms with Gasteiger partial charge < -0.3 is 9.15 Å². The third kappa shape index (κ3) is 7.23. The van der Waals surface area contributed by atoms with Crippen molar-refractivity contribution in [3.8, 4) is 0 Å². The van der Waals surface area contributed by atoms with Gasteiger partial charge in [0.1, 0.15) is 8.07 Å². The van der Waals surface area contributed by atoms with E-state index in [9.17, 15) is 4.79 Å². The van der Waals surface area contributed by atoms with Gasteiger partial charge in [0, 0.05) is 11.6 Å². The van der Waals surface area contributed by atoms with Crippen LogP contribution in [0.4, 0.5) is 0 Å². The molecule has 0 amide bonds. The second-order valence-corrected chi connectivity index (χ2v) is 12.0. The van der Waals surface area contributed by atoms with E-state index in [-0.39, 0.29) is 5.97 Å². The number of furan rings is 1. The van der Waals surface area contributed by atoms with Crippen LogP contribution in [0, 0.1) is 0 Å². The van der Waals surface area contributed by atoms with Crippen molar-refractivity contribution in [2.24, 2.45) is 0 Å². The van der Waals surface area contributed by atoms with Crippen LogP contribution in [0.3, 0.4) is 0 Å². The number of carbonyl (C=O) groups is 1. The van der Waals surface area contributed by atoms with Gasteiger partial charge in [0.05, 0.1) is 18.3 Å². The molecule has 142 valence electrons. The minimum Gasteiger partial charge on any atom is -0.474 e. The maximum absolute atomic E-state index is 11.8. The zero-order chi connectivity index (χ0) is 18.5. The summed E-state index contributed by atoms with van der Waals surface area (Å²) in [4.78, 5) is 11.8. The summed E-state index contributed by atoms with van der Waals surface area (Å²) in [5.74, 6) is -0.263. The zero-order valence-corrected chi connectivity index (χ0v) is 17.6. The Labute approximate surface area is 154 Å². The number of hydrogen-bond acceptors (Lipinski definition) is 3. The maximum atomic E-state index is 11.8. The number of rotatable bonds is 13. The normalized spacial score (nSPS) is 12.0. The van der Waals surface area contributed by atoms with Crippen molar-refractivity contribution in [2.75, 3.05) is 6.61 Å². The molecule has 1 aromatic rings. The number of esters is 1. The Hall–Kier alpha value is -1.29. The Morgan fingerprint density at radius 2 is 1.68 bits per heavy atom. The minimum absolute atomic E-state index is 0.263. The van der Waals surface area contributed by atoms with Crippen LogP contribution in [0.2, 0.25) is 18.1 Å². The Bertz CT molecular complexity index is 507. The summed E-state index contributed by atoms with van der Waals surface area (Å²) in [6.45, 7) is 9.51. The molecule has 1 heterocycles. The van der Waals surface area contributed by atoms with Crippen molar-refractivity contribution < 1.29 is 13.9 Å². The quantitative estimate of drug-likeness (QED) is 0.189. The number of ether oxygens (including phenoxy) is 1. The lowest BCUT2D eigenvalue weighted by Crippen LogP contribution is -2.44. The Morgan fingerprint density at radius 3 is 2.32 bits per heavy atom. The molecule has 0 aliphatic heterocycles. The van der Waals surface area contributed by atoms with E-state index < -0.39 is 8.07 Å². The molecule has 0 bridgehead atoms. The van der Waals surface area contributed by atoms with Crippen LogP contribution in [0.1, 0.15) is 71.8 Å². The van der Waals surface area contributed by atoms with Crippen LogP contribution < -0.4 is 5.38 Å². The lowest BCUT2D eigenvalue weighted by atomic mass is 10.1. The molecule has 1 aromatic heterocycles. The highest BCUT2D eigenvalue weighted by Gasteiger charge is 2.32. The third-order valence-corrected chi connectivity index (χ3v) is 10.7. The van der Waals surface area contributed by atoms with E-state index in [0.717, 1.165) is 23.8 Å². The molecule has 0 atom stereocenters. The second kappa shape index (κ2) is 12.1. The lowest BCUT2D eigenvalue weighted by molar-refractivity contribution is -0.137. The van der Waals surface area contributed by atoms with Crippen LogP contribution in [0.25, 0.3) is 6.08 Å². The summed E-state index contributed by atoms with van der Waals surface area (Å²) in [6.07, 6.45) is 12.2. The van der Waals surface area contributed by atoms with Gasteiger partial charge in [-0.1, -0.05) is 77.9 Å². The van der Waals surface area contributed by atoms with E-state index in [1.807, 2.05) is 0 Å². The van der Waals surface area contributed by atoms with E-state index in [1.165, 1.54) is 49.9 Å². The SMILES string of the molecule is CCCCCCCCOC(=O)C=Cc1coc([Si](CC)(CC)CC)c1. The highest BCUT2D eigenvalue weighted by Crippen LogP contribution is 2.21. The van der Waals surface area contributed by atoms with Gasteiger partial charge in [0.2, 0.25) is 0 Å². The molecular formula is C21H36O3Si. The molecular weight excluding hydrogens is 328 g/mol. The molecule has 0 aromatic carbocycles. The molecule has 0 aliphatic carbocycles. The fraction of sp³-hybridized carbons (Fsp3) is 0.667. The lowest BCUT2D eigenvalue weighted by Gasteiger charge is -2.24. The van der Waals surface area contributed by atoms with Crippen molar-refractivity contribution in [1.82, 2.24) is 0 Å². The highest BCUT2D eigenvalue weighted by molar-refractivity contribution is 6.90. The van der Waals surface area contributed by atoms with E-state index in [0.29, 0.717) is 6.61 Å². The summed E-state index contributed by atoms with van der Waals surface area (Å²) >= 11 is 0. The highest BCUT2D eigenvalue weighted by atomic mass is 28.3. The molecule has 0 fully saturated rings. The van der Waals surface area contributed by atoms with Gasteiger partial charge in [-0.15, -0.1) is 0 Å². The summed E-state index contributed by atoms with van der Waals surface area (Å²) in [5, 5.41) is 1.15. The molecule has 0 aliphatic rings. The van der Waals surface area contributed by atoms with Gasteiger partial charge in [0.15, 0.2) is 0 Å². The average Bonchev–Trinajstić information content (AvgIpc) is 3.11. The number of hydrogen-bond donors (Lipinski definition) is 0. The average molecular weight is 365 g/mol. The van der Waals surface area contributed by atoms with E-state index in [1.54, 1.807) is 12.3 Å². The molecule has 3 nitrogen and oxygen atoms in total. The minimum atomic E-state index is -1.49. The molecule has 0 radical (unpaired) electrons. The Morgan fingerprint density at radius 1 is 1.04 bits per heavy atom. The molecule has 0 spiro atoms. The number of unbranched alkanes of at least 4 members (excludes halogenated alkanes) is 5. The van der Waals surface area contributed by atoms with Crippen LogP contribution in [-0.2, 0) is 9.53 Å². The largest absolute Gasteiger partial charge is 0.474 e. The Kier molecular flexibility index (Phi) is 10.5. The maximum Gasteiger partial charge on any atom is 0.330 e. The summed E-state index contributed by atoms with van der Waals surface area (Å²) in [7, 11) is -1.49. The molecule has 4 heteroatoms. The summed E-state index contributed by atoms with van der Waals surface area (Å²) < 4.78 is 11.1. The van der Waals surface area contributed by atoms with E-state index in [4.69, 9.17) is 9.15 Å². The summed E-state index contributed by atoms with van der Waals surface area (Å²) in [6, 6.07) is 5.69. The van der Waals surface area contributed by atoms with Crippen molar-refractivity contribution in [3.05, 3.63) is 24.0 Å². The van der Waals surface area contributed by atoms with Gasteiger partial charge in [-0.05, 0) is 18.6 Å². The van der Waals surface area contributed by atoms with Crippen LogP contribution in [-0.4, -0.2) is 20.7 Å². The van der Waals surface area contributed by atoms with Gasteiger partial charge in [0.25, 0.3) is 0 Å². The topological polar surface area (TPSA) is 39.4 Å². The molecule has 0 N–H and O–H groups in total. The zero-order valence-electron chi connectivity index (χ0n) is 16.6. The van der Waals surface area contributed by atoms with Crippen molar-refractivity contribution in [3.63, 3.8) is 0 Å². The van der Waals surface area contributed by atoms with Crippen molar-refractivity contribution >= 4 is 25.5 Å². The fourth-order valence-electron chi connectivity index (χ4n) is 3.26. The first-order valence-electron chi connectivity index (χ1n) is 10.1. The monoisotopic (exact) mass is 364 g/mol. The van der Waals surface area contributed by atoms with Crippen LogP contribution in [0.5, 0.6) is 0 Å². The molecule has 0 unspecified atom stereocenters. The van der Waals surface area contributed by atoms with Crippen molar-refractivity contribution in [2.45, 2.75) is 84.4 Å². The number of carbonyl (C=O) groups excluding carboxylic acids is 1. The van der Waals surface area contributed by atoms with Crippen LogP contribution >= 0.6 is 0 Å². The van der Waals surface area contributed by atoms with E-state index >= 15 is 0 Å². The van der Waals surface area contributed by atoms with Crippen LogP contribution in [0.15, 0.2) is 22.8 Å². The smallest absolute Gasteiger partial charge is 0.330 e. The van der Waals surface area contributed by atoms with Gasteiger partial charge in [-0.3, -0.25) is 0 Å². The molecule has 0 saturated carbocycles. The predicted octanol–water partition coefficient (Wildman–Crippen LogP) is 5.91. The van der Waals surface area contributed by atoms with E-state index in [2.05, 4.69) is 33.8 Å². The standard InChI is InChI=1S/C21H36O3Si/c1-5-9-10-11-12-13-16-23-20(22)15-14-19-17-21(24-18-19)25(6-2,7-3)8-4/h14-15,17-18H,5-13,16H2,1-4H3. The first kappa shape index (κ1) is 21.7. The van der Waals surface area contributed by atoms with Crippen molar-refractivity contribution in [1.29, 1.82) is 0 Å². The molecule has 1 rings (SSSR count). The Balaban J connectivity index is 2.39.